The Morgan fingerprint density at radius 1 is 1.20 bits per heavy atom. The molecule has 0 unspecified atom stereocenters. The number of carbonyl (C=O) groups excluding carboxylic acids is 1. The highest BCUT2D eigenvalue weighted by Gasteiger charge is 2.26. The van der Waals surface area contributed by atoms with Crippen LogP contribution >= 0.6 is 0 Å². The van der Waals surface area contributed by atoms with Crippen molar-refractivity contribution >= 4 is 11.9 Å². The van der Waals surface area contributed by atoms with Crippen LogP contribution in [0.25, 0.3) is 0 Å². The summed E-state index contributed by atoms with van der Waals surface area (Å²) < 4.78 is 0. The molecule has 1 aromatic rings. The first-order chi connectivity index (χ1) is 9.42. The van der Waals surface area contributed by atoms with Crippen molar-refractivity contribution in [3.05, 3.63) is 35.9 Å². The van der Waals surface area contributed by atoms with Gasteiger partial charge in [0.1, 0.15) is 0 Å². The van der Waals surface area contributed by atoms with Crippen LogP contribution in [0.15, 0.2) is 30.3 Å². The summed E-state index contributed by atoms with van der Waals surface area (Å²) >= 11 is 0. The third-order valence-electron chi connectivity index (χ3n) is 3.36. The average molecular weight is 277 g/mol. The van der Waals surface area contributed by atoms with Gasteiger partial charge in [0.2, 0.25) is 5.91 Å². The van der Waals surface area contributed by atoms with Crippen LogP contribution in [0.3, 0.4) is 0 Å². The van der Waals surface area contributed by atoms with Gasteiger partial charge in [-0.1, -0.05) is 30.3 Å². The average Bonchev–Trinajstić information content (AvgIpc) is 2.39. The Hall–Kier alpha value is -1.84. The topological polar surface area (TPSA) is 66.4 Å². The normalized spacial score (nSPS) is 11.1. The van der Waals surface area contributed by atoms with Gasteiger partial charge in [0.25, 0.3) is 0 Å². The van der Waals surface area contributed by atoms with E-state index in [1.807, 2.05) is 30.3 Å². The maximum absolute atomic E-state index is 11.6. The number of rotatable bonds is 8. The Balaban J connectivity index is 2.17. The minimum atomic E-state index is -0.837. The van der Waals surface area contributed by atoms with Crippen molar-refractivity contribution in [2.75, 3.05) is 6.54 Å². The van der Waals surface area contributed by atoms with E-state index in [2.05, 4.69) is 5.32 Å². The fraction of sp³-hybridized carbons (Fsp3) is 0.500. The lowest BCUT2D eigenvalue weighted by Crippen LogP contribution is -2.31. The molecule has 0 aliphatic carbocycles. The molecule has 0 aliphatic rings. The van der Waals surface area contributed by atoms with Gasteiger partial charge in [0, 0.05) is 13.0 Å². The van der Waals surface area contributed by atoms with Crippen LogP contribution in [0.2, 0.25) is 0 Å². The van der Waals surface area contributed by atoms with Crippen LogP contribution in [0.4, 0.5) is 0 Å². The van der Waals surface area contributed by atoms with Crippen molar-refractivity contribution in [2.45, 2.75) is 39.5 Å². The van der Waals surface area contributed by atoms with E-state index in [1.54, 1.807) is 13.8 Å². The minimum Gasteiger partial charge on any atom is -0.481 e. The Kier molecular flexibility index (Phi) is 6.22. The molecular formula is C16H23NO3. The van der Waals surface area contributed by atoms with Gasteiger partial charge in [0.05, 0.1) is 5.41 Å². The monoisotopic (exact) mass is 277 g/mol. The number of benzene rings is 1. The number of aliphatic carboxylic acids is 1. The van der Waals surface area contributed by atoms with Crippen molar-refractivity contribution in [2.24, 2.45) is 5.41 Å². The SMILES string of the molecule is CC(C)(CCNC(=O)CCCc1ccccc1)C(=O)O. The zero-order valence-electron chi connectivity index (χ0n) is 12.2. The zero-order valence-corrected chi connectivity index (χ0v) is 12.2. The van der Waals surface area contributed by atoms with E-state index in [-0.39, 0.29) is 5.91 Å². The van der Waals surface area contributed by atoms with E-state index in [0.29, 0.717) is 19.4 Å². The maximum atomic E-state index is 11.6. The molecule has 1 rings (SSSR count). The third kappa shape index (κ3) is 5.87. The number of carboxylic acid groups (broad SMARTS) is 1. The van der Waals surface area contributed by atoms with Crippen LogP contribution in [0.1, 0.15) is 38.7 Å². The number of nitrogens with one attached hydrogen (secondary N) is 1. The molecule has 0 atom stereocenters. The number of amides is 1. The smallest absolute Gasteiger partial charge is 0.309 e. The number of hydrogen-bond acceptors (Lipinski definition) is 2. The highest BCUT2D eigenvalue weighted by molar-refractivity contribution is 5.76. The zero-order chi connectivity index (χ0) is 15.0. The lowest BCUT2D eigenvalue weighted by atomic mass is 9.90. The molecule has 0 aliphatic heterocycles. The molecule has 0 bridgehead atoms. The molecule has 1 aromatic carbocycles. The van der Waals surface area contributed by atoms with E-state index < -0.39 is 11.4 Å². The Labute approximate surface area is 120 Å². The number of carboxylic acids is 1. The van der Waals surface area contributed by atoms with Gasteiger partial charge in [-0.25, -0.2) is 0 Å². The molecule has 110 valence electrons. The van der Waals surface area contributed by atoms with Crippen molar-refractivity contribution in [1.82, 2.24) is 5.32 Å². The standard InChI is InChI=1S/C16H23NO3/c1-16(2,15(19)20)11-12-17-14(18)10-6-9-13-7-4-3-5-8-13/h3-5,7-8H,6,9-12H2,1-2H3,(H,17,18)(H,19,20). The van der Waals surface area contributed by atoms with Crippen LogP contribution in [-0.2, 0) is 16.0 Å². The van der Waals surface area contributed by atoms with E-state index in [9.17, 15) is 9.59 Å². The van der Waals surface area contributed by atoms with Gasteiger partial charge >= 0.3 is 5.97 Å². The second-order valence-corrected chi connectivity index (χ2v) is 5.63. The van der Waals surface area contributed by atoms with Crippen molar-refractivity contribution in [1.29, 1.82) is 0 Å². The van der Waals surface area contributed by atoms with Crippen molar-refractivity contribution in [3.63, 3.8) is 0 Å². The summed E-state index contributed by atoms with van der Waals surface area (Å²) in [6.45, 7) is 3.73. The van der Waals surface area contributed by atoms with E-state index in [1.165, 1.54) is 5.56 Å². The fourth-order valence-electron chi connectivity index (χ4n) is 1.81. The summed E-state index contributed by atoms with van der Waals surface area (Å²) in [6.07, 6.45) is 2.60. The quantitative estimate of drug-likeness (QED) is 0.767. The summed E-state index contributed by atoms with van der Waals surface area (Å²) in [6, 6.07) is 10.0. The van der Waals surface area contributed by atoms with Crippen molar-refractivity contribution < 1.29 is 14.7 Å². The summed E-state index contributed by atoms with van der Waals surface area (Å²) in [5.74, 6) is -0.849. The van der Waals surface area contributed by atoms with Gasteiger partial charge in [-0.05, 0) is 38.7 Å². The molecule has 0 radical (unpaired) electrons. The lowest BCUT2D eigenvalue weighted by molar-refractivity contribution is -0.147. The summed E-state index contributed by atoms with van der Waals surface area (Å²) in [5, 5.41) is 11.7. The Morgan fingerprint density at radius 2 is 1.85 bits per heavy atom. The minimum absolute atomic E-state index is 0.0119. The fourth-order valence-corrected chi connectivity index (χ4v) is 1.81. The van der Waals surface area contributed by atoms with Crippen LogP contribution in [-0.4, -0.2) is 23.5 Å². The number of hydrogen-bond donors (Lipinski definition) is 2. The summed E-state index contributed by atoms with van der Waals surface area (Å²) in [7, 11) is 0. The molecule has 2 N–H and O–H groups in total. The summed E-state index contributed by atoms with van der Waals surface area (Å²) in [4.78, 5) is 22.5. The first-order valence-corrected chi connectivity index (χ1v) is 6.96. The molecule has 20 heavy (non-hydrogen) atoms. The maximum Gasteiger partial charge on any atom is 0.309 e. The molecule has 4 heteroatoms. The van der Waals surface area contributed by atoms with Crippen LogP contribution in [0.5, 0.6) is 0 Å². The molecular weight excluding hydrogens is 254 g/mol. The van der Waals surface area contributed by atoms with Gasteiger partial charge in [0.15, 0.2) is 0 Å². The van der Waals surface area contributed by atoms with Gasteiger partial charge in [-0.2, -0.15) is 0 Å². The second-order valence-electron chi connectivity index (χ2n) is 5.63. The van der Waals surface area contributed by atoms with E-state index >= 15 is 0 Å². The third-order valence-corrected chi connectivity index (χ3v) is 3.36. The molecule has 0 saturated carbocycles. The van der Waals surface area contributed by atoms with E-state index in [4.69, 9.17) is 5.11 Å². The molecule has 0 spiro atoms. The molecule has 0 aromatic heterocycles. The molecule has 0 saturated heterocycles. The van der Waals surface area contributed by atoms with Gasteiger partial charge in [-0.15, -0.1) is 0 Å². The highest BCUT2D eigenvalue weighted by atomic mass is 16.4. The molecule has 0 fully saturated rings. The van der Waals surface area contributed by atoms with E-state index in [0.717, 1.165) is 12.8 Å². The Bertz CT molecular complexity index is 440. The predicted molar refractivity (Wildman–Crippen MR) is 78.4 cm³/mol. The predicted octanol–water partition coefficient (Wildman–Crippen LogP) is 2.63. The van der Waals surface area contributed by atoms with Crippen LogP contribution < -0.4 is 5.32 Å². The van der Waals surface area contributed by atoms with Crippen molar-refractivity contribution in [3.8, 4) is 0 Å². The molecule has 1 amide bonds. The number of carbonyl (C=O) groups is 2. The first-order valence-electron chi connectivity index (χ1n) is 6.96. The summed E-state index contributed by atoms with van der Waals surface area (Å²) in [5.41, 5.74) is 0.435. The largest absolute Gasteiger partial charge is 0.481 e. The van der Waals surface area contributed by atoms with Crippen LogP contribution in [0, 0.1) is 5.41 Å². The molecule has 0 heterocycles. The van der Waals surface area contributed by atoms with Gasteiger partial charge < -0.3 is 10.4 Å². The number of aryl methyl sites for hydroxylation is 1. The molecule has 4 nitrogen and oxygen atoms in total. The first kappa shape index (κ1) is 16.2. The Morgan fingerprint density at radius 3 is 2.45 bits per heavy atom. The highest BCUT2D eigenvalue weighted by Crippen LogP contribution is 2.19. The second kappa shape index (κ2) is 7.68. The lowest BCUT2D eigenvalue weighted by Gasteiger charge is -2.18. The van der Waals surface area contributed by atoms with Gasteiger partial charge in [-0.3, -0.25) is 9.59 Å².